The molecule has 0 bridgehead atoms. The largest absolute Gasteiger partial charge is 0.492 e. The van der Waals surface area contributed by atoms with Crippen LogP contribution in [0.5, 0.6) is 11.5 Å². The summed E-state index contributed by atoms with van der Waals surface area (Å²) in [6, 6.07) is 8.86. The average Bonchev–Trinajstić information content (AvgIpc) is 3.57. The van der Waals surface area contributed by atoms with Crippen molar-refractivity contribution < 1.29 is 28.2 Å². The summed E-state index contributed by atoms with van der Waals surface area (Å²) in [5, 5.41) is 9.13. The summed E-state index contributed by atoms with van der Waals surface area (Å²) in [5.74, 6) is -1.74. The second kappa shape index (κ2) is 9.13. The molecule has 0 saturated heterocycles. The monoisotopic (exact) mass is 509 g/mol. The summed E-state index contributed by atoms with van der Waals surface area (Å²) in [4.78, 5) is 17.7. The zero-order valence-electron chi connectivity index (χ0n) is 20.6. The maximum absolute atomic E-state index is 14.7. The van der Waals surface area contributed by atoms with Crippen molar-refractivity contribution in [2.24, 2.45) is 0 Å². The number of hydrogen-bond acceptors (Lipinski definition) is 5. The third-order valence-corrected chi connectivity index (χ3v) is 7.71. The van der Waals surface area contributed by atoms with Crippen LogP contribution in [0.3, 0.4) is 0 Å². The van der Waals surface area contributed by atoms with Gasteiger partial charge in [-0.3, -0.25) is 9.69 Å². The average molecular weight is 510 g/mol. The van der Waals surface area contributed by atoms with Crippen molar-refractivity contribution in [3.63, 3.8) is 0 Å². The number of carboxylic acid groups (broad SMARTS) is 1. The second-order valence-corrected chi connectivity index (χ2v) is 10.2. The third-order valence-electron chi connectivity index (χ3n) is 7.71. The van der Waals surface area contributed by atoms with E-state index in [1.165, 1.54) is 0 Å². The van der Waals surface area contributed by atoms with E-state index >= 15 is 0 Å². The zero-order chi connectivity index (χ0) is 25.7. The van der Waals surface area contributed by atoms with Crippen molar-refractivity contribution in [1.82, 2.24) is 14.5 Å². The molecule has 0 spiro atoms. The van der Waals surface area contributed by atoms with Crippen molar-refractivity contribution in [3.8, 4) is 11.5 Å². The smallest absolute Gasteiger partial charge is 0.304 e. The Labute approximate surface area is 213 Å². The molecule has 0 radical (unpaired) electrons. The molecule has 0 saturated carbocycles. The number of aromatic nitrogens is 2. The fourth-order valence-electron chi connectivity index (χ4n) is 5.91. The van der Waals surface area contributed by atoms with Crippen LogP contribution in [0.4, 0.5) is 8.78 Å². The topological polar surface area (TPSA) is 76.8 Å². The molecule has 9 heteroatoms. The predicted molar refractivity (Wildman–Crippen MR) is 131 cm³/mol. The summed E-state index contributed by atoms with van der Waals surface area (Å²) < 4.78 is 43.6. The van der Waals surface area contributed by atoms with Crippen LogP contribution in [0.15, 0.2) is 42.7 Å². The molecule has 1 N–H and O–H groups in total. The van der Waals surface area contributed by atoms with Crippen molar-refractivity contribution in [3.05, 3.63) is 76.4 Å². The van der Waals surface area contributed by atoms with Crippen LogP contribution in [0.25, 0.3) is 0 Å². The van der Waals surface area contributed by atoms with E-state index < -0.39 is 11.9 Å². The molecule has 3 aliphatic rings. The zero-order valence-corrected chi connectivity index (χ0v) is 20.6. The fourth-order valence-corrected chi connectivity index (χ4v) is 5.91. The van der Waals surface area contributed by atoms with Crippen LogP contribution in [-0.2, 0) is 36.8 Å². The predicted octanol–water partition coefficient (Wildman–Crippen LogP) is 5.03. The van der Waals surface area contributed by atoms with Crippen LogP contribution in [0.1, 0.15) is 65.4 Å². The van der Waals surface area contributed by atoms with E-state index in [-0.39, 0.29) is 24.0 Å². The second-order valence-electron chi connectivity index (χ2n) is 10.2. The van der Waals surface area contributed by atoms with E-state index in [9.17, 15) is 13.6 Å². The van der Waals surface area contributed by atoms with Crippen molar-refractivity contribution in [2.75, 3.05) is 13.2 Å². The number of rotatable bonds is 7. The van der Waals surface area contributed by atoms with Gasteiger partial charge in [-0.25, -0.2) is 13.8 Å². The molecule has 7 nitrogen and oxygen atoms in total. The number of nitrogens with zero attached hydrogens (tertiary/aromatic N) is 3. The Hall–Kier alpha value is -3.46. The third kappa shape index (κ3) is 4.56. The Morgan fingerprint density at radius 3 is 2.89 bits per heavy atom. The lowest BCUT2D eigenvalue weighted by Crippen LogP contribution is -2.34. The molecular weight excluding hydrogens is 480 g/mol. The van der Waals surface area contributed by atoms with Gasteiger partial charge in [0.15, 0.2) is 0 Å². The van der Waals surface area contributed by atoms with E-state index in [4.69, 9.17) is 14.6 Å². The Balaban J connectivity index is 1.25. The van der Waals surface area contributed by atoms with E-state index in [1.807, 2.05) is 18.3 Å². The van der Waals surface area contributed by atoms with Crippen LogP contribution >= 0.6 is 0 Å². The van der Waals surface area contributed by atoms with Gasteiger partial charge in [0.2, 0.25) is 0 Å². The molecule has 2 aromatic carbocycles. The number of alkyl halides is 2. The highest BCUT2D eigenvalue weighted by atomic mass is 19.3. The molecule has 37 heavy (non-hydrogen) atoms. The number of carboxylic acids is 1. The molecular formula is C28H29F2N3O4. The van der Waals surface area contributed by atoms with Gasteiger partial charge < -0.3 is 19.1 Å². The first-order valence-corrected chi connectivity index (χ1v) is 12.7. The molecule has 1 aromatic heterocycles. The molecule has 0 amide bonds. The molecule has 0 unspecified atom stereocenters. The standard InChI is InChI=1S/C28H29F2N3O4/c1-28(29,30)23-6-4-21-20(22(23)14-32-10-11-33-9-8-31-26(33)15-32)5-7-24(21)37-18-2-3-19-17(12-27(34)35)16-36-25(19)13-18/h2-4,6,8-9,13,17,24H,5,7,10-12,14-16H2,1H3,(H,34,35)/t17-,24-/m1/s1. The van der Waals surface area contributed by atoms with Crippen LogP contribution in [-0.4, -0.2) is 38.7 Å². The van der Waals surface area contributed by atoms with Crippen LogP contribution in [0, 0.1) is 0 Å². The molecule has 2 aliphatic heterocycles. The summed E-state index contributed by atoms with van der Waals surface area (Å²) in [5.41, 5.74) is 3.56. The first-order chi connectivity index (χ1) is 17.8. The number of benzene rings is 2. The summed E-state index contributed by atoms with van der Waals surface area (Å²) in [6.07, 6.45) is 4.88. The van der Waals surface area contributed by atoms with Gasteiger partial charge in [-0.15, -0.1) is 0 Å². The van der Waals surface area contributed by atoms with Gasteiger partial charge >= 0.3 is 5.97 Å². The molecule has 194 valence electrons. The highest BCUT2D eigenvalue weighted by Gasteiger charge is 2.35. The molecule has 3 heterocycles. The lowest BCUT2D eigenvalue weighted by atomic mass is 9.93. The Kier molecular flexibility index (Phi) is 5.90. The number of hydrogen-bond donors (Lipinski definition) is 1. The number of imidazole rings is 1. The van der Waals surface area contributed by atoms with Crippen molar-refractivity contribution in [1.29, 1.82) is 0 Å². The maximum atomic E-state index is 14.7. The number of halogens is 2. The lowest BCUT2D eigenvalue weighted by molar-refractivity contribution is -0.137. The Morgan fingerprint density at radius 1 is 1.24 bits per heavy atom. The van der Waals surface area contributed by atoms with Gasteiger partial charge in [-0.2, -0.15) is 0 Å². The van der Waals surface area contributed by atoms with Gasteiger partial charge in [-0.1, -0.05) is 18.2 Å². The quantitative estimate of drug-likeness (QED) is 0.482. The summed E-state index contributed by atoms with van der Waals surface area (Å²) in [7, 11) is 0. The highest BCUT2D eigenvalue weighted by Crippen LogP contribution is 2.44. The van der Waals surface area contributed by atoms with E-state index in [2.05, 4.69) is 14.5 Å². The van der Waals surface area contributed by atoms with Gasteiger partial charge in [0.05, 0.1) is 19.6 Å². The van der Waals surface area contributed by atoms with Crippen molar-refractivity contribution in [2.45, 2.75) is 63.8 Å². The van der Waals surface area contributed by atoms with Gasteiger partial charge in [0.25, 0.3) is 5.92 Å². The molecule has 1 aliphatic carbocycles. The lowest BCUT2D eigenvalue weighted by Gasteiger charge is -2.30. The minimum atomic E-state index is -2.94. The molecule has 0 fully saturated rings. The minimum Gasteiger partial charge on any atom is -0.492 e. The normalized spacial score (nSPS) is 20.7. The molecule has 6 rings (SSSR count). The SMILES string of the molecule is CC(F)(F)c1ccc2c(c1CN1CCn3ccnc3C1)CC[C@H]2Oc1ccc2c(c1)OC[C@H]2CC(=O)O. The van der Waals surface area contributed by atoms with Crippen molar-refractivity contribution >= 4 is 5.97 Å². The van der Waals surface area contributed by atoms with Gasteiger partial charge in [-0.05, 0) is 35.6 Å². The number of fused-ring (bicyclic) bond motifs is 3. The Morgan fingerprint density at radius 2 is 2.08 bits per heavy atom. The summed E-state index contributed by atoms with van der Waals surface area (Å²) >= 11 is 0. The van der Waals surface area contributed by atoms with E-state index in [0.29, 0.717) is 49.6 Å². The summed E-state index contributed by atoms with van der Waals surface area (Å²) in [6.45, 7) is 3.95. The first kappa shape index (κ1) is 23.9. The van der Waals surface area contributed by atoms with Gasteiger partial charge in [0, 0.05) is 62.1 Å². The first-order valence-electron chi connectivity index (χ1n) is 12.7. The minimum absolute atomic E-state index is 0.0231. The fraction of sp³-hybridized carbons (Fsp3) is 0.429. The maximum Gasteiger partial charge on any atom is 0.304 e. The number of aliphatic carboxylic acids is 1. The van der Waals surface area contributed by atoms with E-state index in [1.54, 1.807) is 24.4 Å². The number of carbonyl (C=O) groups is 1. The molecule has 2 atom stereocenters. The Bertz CT molecular complexity index is 1350. The van der Waals surface area contributed by atoms with Gasteiger partial charge in [0.1, 0.15) is 23.4 Å². The van der Waals surface area contributed by atoms with Crippen LogP contribution < -0.4 is 9.47 Å². The molecule has 3 aromatic rings. The number of ether oxygens (including phenoxy) is 2. The van der Waals surface area contributed by atoms with Crippen LogP contribution in [0.2, 0.25) is 0 Å². The highest BCUT2D eigenvalue weighted by molar-refractivity contribution is 5.68. The van der Waals surface area contributed by atoms with E-state index in [0.717, 1.165) is 42.5 Å².